The molecule has 2 amide bonds. The van der Waals surface area contributed by atoms with Gasteiger partial charge in [-0.25, -0.2) is 0 Å². The number of anilines is 1. The van der Waals surface area contributed by atoms with Crippen molar-refractivity contribution in [1.82, 2.24) is 9.88 Å². The Morgan fingerprint density at radius 3 is 2.38 bits per heavy atom. The number of aromatic nitrogens is 1. The van der Waals surface area contributed by atoms with Gasteiger partial charge in [0.25, 0.3) is 11.8 Å². The summed E-state index contributed by atoms with van der Waals surface area (Å²) in [6.45, 7) is 3.66. The zero-order valence-electron chi connectivity index (χ0n) is 14.5. The highest BCUT2D eigenvalue weighted by molar-refractivity contribution is 6.06. The van der Waals surface area contributed by atoms with Crippen LogP contribution < -0.4 is 10.1 Å². The minimum atomic E-state index is -0.270. The minimum absolute atomic E-state index is 0.198. The van der Waals surface area contributed by atoms with E-state index in [1.54, 1.807) is 51.4 Å². The van der Waals surface area contributed by atoms with Crippen LogP contribution in [-0.2, 0) is 0 Å². The van der Waals surface area contributed by atoms with Crippen LogP contribution in [-0.4, -0.2) is 42.9 Å². The number of nitrogens with zero attached hydrogens (tertiary/aromatic N) is 2. The van der Waals surface area contributed by atoms with E-state index < -0.39 is 0 Å². The lowest BCUT2D eigenvalue weighted by Crippen LogP contribution is -2.22. The second-order valence-corrected chi connectivity index (χ2v) is 5.65. The highest BCUT2D eigenvalue weighted by Crippen LogP contribution is 2.24. The van der Waals surface area contributed by atoms with E-state index in [4.69, 9.17) is 4.74 Å². The van der Waals surface area contributed by atoms with Crippen molar-refractivity contribution in [1.29, 1.82) is 0 Å². The normalized spacial score (nSPS) is 10.2. The molecule has 2 aromatic rings. The summed E-state index contributed by atoms with van der Waals surface area (Å²) < 4.78 is 5.22. The Morgan fingerprint density at radius 2 is 1.79 bits per heavy atom. The number of aryl methyl sites for hydroxylation is 2. The van der Waals surface area contributed by atoms with E-state index in [2.05, 4.69) is 10.3 Å². The number of benzene rings is 1. The second-order valence-electron chi connectivity index (χ2n) is 5.65. The highest BCUT2D eigenvalue weighted by atomic mass is 16.5. The molecule has 0 bridgehead atoms. The third-order valence-corrected chi connectivity index (χ3v) is 3.56. The Kier molecular flexibility index (Phi) is 5.18. The number of nitrogens with one attached hydrogen (secondary N) is 1. The molecule has 6 heteroatoms. The van der Waals surface area contributed by atoms with Crippen molar-refractivity contribution in [3.05, 3.63) is 52.8 Å². The molecule has 2 rings (SSSR count). The zero-order valence-corrected chi connectivity index (χ0v) is 14.5. The molecule has 126 valence electrons. The number of carbonyl (C=O) groups excluding carboxylic acids is 2. The van der Waals surface area contributed by atoms with Crippen LogP contribution in [0.5, 0.6) is 5.75 Å². The summed E-state index contributed by atoms with van der Waals surface area (Å²) in [5.41, 5.74) is 2.92. The number of pyridine rings is 1. The largest absolute Gasteiger partial charge is 0.496 e. The van der Waals surface area contributed by atoms with Gasteiger partial charge in [-0.15, -0.1) is 0 Å². The monoisotopic (exact) mass is 327 g/mol. The van der Waals surface area contributed by atoms with Crippen LogP contribution >= 0.6 is 0 Å². The first kappa shape index (κ1) is 17.5. The van der Waals surface area contributed by atoms with E-state index in [-0.39, 0.29) is 11.8 Å². The number of amides is 2. The zero-order chi connectivity index (χ0) is 17.9. The minimum Gasteiger partial charge on any atom is -0.496 e. The van der Waals surface area contributed by atoms with Crippen molar-refractivity contribution < 1.29 is 14.3 Å². The molecule has 0 aliphatic carbocycles. The van der Waals surface area contributed by atoms with Gasteiger partial charge in [-0.2, -0.15) is 0 Å². The van der Waals surface area contributed by atoms with E-state index in [1.807, 2.05) is 6.92 Å². The summed E-state index contributed by atoms with van der Waals surface area (Å²) in [6.07, 6.45) is 0. The van der Waals surface area contributed by atoms with E-state index in [9.17, 15) is 9.59 Å². The number of rotatable bonds is 4. The fraction of sp³-hybridized carbons (Fsp3) is 0.278. The van der Waals surface area contributed by atoms with Crippen molar-refractivity contribution in [3.8, 4) is 5.75 Å². The molecule has 0 fully saturated rings. The standard InChI is InChI=1S/C18H21N3O3/c1-11-6-8-14(12(2)19-11)17(22)20-13-7-9-16(24-5)15(10-13)18(23)21(3)4/h6-10H,1-5H3,(H,20,22). The van der Waals surface area contributed by atoms with Gasteiger partial charge < -0.3 is 15.0 Å². The molecule has 0 aliphatic heterocycles. The fourth-order valence-electron chi connectivity index (χ4n) is 2.32. The van der Waals surface area contributed by atoms with Gasteiger partial charge in [-0.3, -0.25) is 14.6 Å². The van der Waals surface area contributed by atoms with Crippen LogP contribution in [0.25, 0.3) is 0 Å². The molecule has 1 aromatic heterocycles. The number of hydrogen-bond donors (Lipinski definition) is 1. The molecule has 1 N–H and O–H groups in total. The molecule has 0 unspecified atom stereocenters. The van der Waals surface area contributed by atoms with E-state index in [0.717, 1.165) is 5.69 Å². The number of methoxy groups -OCH3 is 1. The van der Waals surface area contributed by atoms with E-state index in [1.165, 1.54) is 12.0 Å². The Hall–Kier alpha value is -2.89. The van der Waals surface area contributed by atoms with Crippen LogP contribution in [0.4, 0.5) is 5.69 Å². The maximum Gasteiger partial charge on any atom is 0.257 e. The molecule has 0 saturated carbocycles. The Balaban J connectivity index is 2.31. The maximum atomic E-state index is 12.4. The van der Waals surface area contributed by atoms with Gasteiger partial charge in [0.15, 0.2) is 0 Å². The topological polar surface area (TPSA) is 71.5 Å². The maximum absolute atomic E-state index is 12.4. The van der Waals surface area contributed by atoms with Crippen LogP contribution in [0.2, 0.25) is 0 Å². The molecule has 1 heterocycles. The van der Waals surface area contributed by atoms with Crippen molar-refractivity contribution in [2.75, 3.05) is 26.5 Å². The summed E-state index contributed by atoms with van der Waals surface area (Å²) >= 11 is 0. The predicted octanol–water partition coefficient (Wildman–Crippen LogP) is 2.66. The molecule has 0 atom stereocenters. The summed E-state index contributed by atoms with van der Waals surface area (Å²) in [6, 6.07) is 8.49. The highest BCUT2D eigenvalue weighted by Gasteiger charge is 2.17. The summed E-state index contributed by atoms with van der Waals surface area (Å²) in [5, 5.41) is 2.80. The van der Waals surface area contributed by atoms with Crippen LogP contribution in [0.1, 0.15) is 32.1 Å². The van der Waals surface area contributed by atoms with E-state index >= 15 is 0 Å². The molecule has 0 saturated heterocycles. The Morgan fingerprint density at radius 1 is 1.08 bits per heavy atom. The van der Waals surface area contributed by atoms with Crippen LogP contribution in [0.3, 0.4) is 0 Å². The summed E-state index contributed by atoms with van der Waals surface area (Å²) in [4.78, 5) is 30.4. The predicted molar refractivity (Wildman–Crippen MR) is 92.7 cm³/mol. The molecule has 1 aromatic carbocycles. The first-order valence-electron chi connectivity index (χ1n) is 7.48. The number of ether oxygens (including phenoxy) is 1. The third kappa shape index (κ3) is 3.71. The van der Waals surface area contributed by atoms with Crippen molar-refractivity contribution in [2.24, 2.45) is 0 Å². The number of carbonyl (C=O) groups is 2. The van der Waals surface area contributed by atoms with Crippen LogP contribution in [0.15, 0.2) is 30.3 Å². The average molecular weight is 327 g/mol. The fourth-order valence-corrected chi connectivity index (χ4v) is 2.32. The second kappa shape index (κ2) is 7.12. The molecular formula is C18H21N3O3. The molecule has 0 spiro atoms. The summed E-state index contributed by atoms with van der Waals surface area (Å²) in [5.74, 6) is -0.00978. The van der Waals surface area contributed by atoms with Gasteiger partial charge in [0.2, 0.25) is 0 Å². The van der Waals surface area contributed by atoms with Gasteiger partial charge >= 0.3 is 0 Å². The van der Waals surface area contributed by atoms with Crippen molar-refractivity contribution >= 4 is 17.5 Å². The van der Waals surface area contributed by atoms with Crippen LogP contribution in [0, 0.1) is 13.8 Å². The Bertz CT molecular complexity index is 785. The Labute approximate surface area is 141 Å². The smallest absolute Gasteiger partial charge is 0.257 e. The van der Waals surface area contributed by atoms with E-state index in [0.29, 0.717) is 28.3 Å². The lowest BCUT2D eigenvalue weighted by atomic mass is 10.1. The van der Waals surface area contributed by atoms with Gasteiger partial charge in [0, 0.05) is 25.5 Å². The molecular weight excluding hydrogens is 306 g/mol. The van der Waals surface area contributed by atoms with Gasteiger partial charge in [-0.05, 0) is 44.2 Å². The molecule has 24 heavy (non-hydrogen) atoms. The van der Waals surface area contributed by atoms with Gasteiger partial charge in [-0.1, -0.05) is 0 Å². The quantitative estimate of drug-likeness (QED) is 0.937. The number of hydrogen-bond acceptors (Lipinski definition) is 4. The van der Waals surface area contributed by atoms with Gasteiger partial charge in [0.05, 0.1) is 23.9 Å². The molecule has 6 nitrogen and oxygen atoms in total. The van der Waals surface area contributed by atoms with Crippen molar-refractivity contribution in [2.45, 2.75) is 13.8 Å². The summed E-state index contributed by atoms with van der Waals surface area (Å²) in [7, 11) is 4.82. The SMILES string of the molecule is COc1ccc(NC(=O)c2ccc(C)nc2C)cc1C(=O)N(C)C. The molecule has 0 radical (unpaired) electrons. The lowest BCUT2D eigenvalue weighted by molar-refractivity contribution is 0.0824. The first-order chi connectivity index (χ1) is 11.3. The third-order valence-electron chi connectivity index (χ3n) is 3.56. The molecule has 0 aliphatic rings. The van der Waals surface area contributed by atoms with Crippen molar-refractivity contribution in [3.63, 3.8) is 0 Å². The average Bonchev–Trinajstić information content (AvgIpc) is 2.53. The lowest BCUT2D eigenvalue weighted by Gasteiger charge is -2.15. The van der Waals surface area contributed by atoms with Gasteiger partial charge in [0.1, 0.15) is 5.75 Å². The first-order valence-corrected chi connectivity index (χ1v) is 7.48.